The highest BCUT2D eigenvalue weighted by molar-refractivity contribution is 4.92. The van der Waals surface area contributed by atoms with Crippen molar-refractivity contribution in [2.75, 3.05) is 6.54 Å². The maximum atomic E-state index is 12.0. The standard InChI is InChI=1S/C9H13F3N4/c10-9(11,12)6-16-5-8(14-15-16)4-13-3-7-1-2-7/h5,7,13H,1-4,6H2. The molecule has 90 valence electrons. The van der Waals surface area contributed by atoms with Gasteiger partial charge in [0.05, 0.1) is 11.9 Å². The number of alkyl halides is 3. The zero-order valence-corrected chi connectivity index (χ0v) is 8.67. The lowest BCUT2D eigenvalue weighted by Crippen LogP contribution is -2.18. The Morgan fingerprint density at radius 3 is 2.81 bits per heavy atom. The summed E-state index contributed by atoms with van der Waals surface area (Å²) in [5, 5.41) is 10.2. The molecule has 1 heterocycles. The largest absolute Gasteiger partial charge is 0.408 e. The molecule has 0 unspecified atom stereocenters. The molecule has 1 aromatic rings. The van der Waals surface area contributed by atoms with E-state index in [-0.39, 0.29) is 0 Å². The fraction of sp³-hybridized carbons (Fsp3) is 0.778. The molecule has 0 bridgehead atoms. The van der Waals surface area contributed by atoms with Crippen molar-refractivity contribution in [3.8, 4) is 0 Å². The third kappa shape index (κ3) is 3.80. The van der Waals surface area contributed by atoms with E-state index in [1.54, 1.807) is 0 Å². The predicted octanol–water partition coefficient (Wildman–Crippen LogP) is 1.34. The summed E-state index contributed by atoms with van der Waals surface area (Å²) >= 11 is 0. The van der Waals surface area contributed by atoms with E-state index >= 15 is 0 Å². The van der Waals surface area contributed by atoms with Crippen molar-refractivity contribution in [1.82, 2.24) is 20.3 Å². The number of aromatic nitrogens is 3. The zero-order chi connectivity index (χ0) is 11.6. The van der Waals surface area contributed by atoms with E-state index in [0.717, 1.165) is 17.1 Å². The van der Waals surface area contributed by atoms with Crippen molar-refractivity contribution in [2.45, 2.75) is 32.1 Å². The van der Waals surface area contributed by atoms with Crippen molar-refractivity contribution in [3.63, 3.8) is 0 Å². The lowest BCUT2D eigenvalue weighted by Gasteiger charge is -2.04. The second-order valence-electron chi connectivity index (χ2n) is 4.10. The summed E-state index contributed by atoms with van der Waals surface area (Å²) in [6, 6.07) is 0. The molecule has 1 aromatic heterocycles. The van der Waals surface area contributed by atoms with Gasteiger partial charge in [-0.1, -0.05) is 5.21 Å². The Labute approximate surface area is 90.8 Å². The number of rotatable bonds is 5. The normalized spacial score (nSPS) is 16.7. The van der Waals surface area contributed by atoms with Gasteiger partial charge < -0.3 is 5.32 Å². The highest BCUT2D eigenvalue weighted by atomic mass is 19.4. The van der Waals surface area contributed by atoms with Crippen LogP contribution in [0.2, 0.25) is 0 Å². The highest BCUT2D eigenvalue weighted by Gasteiger charge is 2.28. The van der Waals surface area contributed by atoms with Crippen molar-refractivity contribution >= 4 is 0 Å². The van der Waals surface area contributed by atoms with Gasteiger partial charge in [-0.2, -0.15) is 13.2 Å². The van der Waals surface area contributed by atoms with E-state index in [2.05, 4.69) is 15.6 Å². The van der Waals surface area contributed by atoms with Crippen molar-refractivity contribution in [2.24, 2.45) is 5.92 Å². The van der Waals surface area contributed by atoms with E-state index in [4.69, 9.17) is 0 Å². The van der Waals surface area contributed by atoms with Crippen LogP contribution in [0.5, 0.6) is 0 Å². The molecule has 16 heavy (non-hydrogen) atoms. The van der Waals surface area contributed by atoms with Crippen molar-refractivity contribution in [3.05, 3.63) is 11.9 Å². The first kappa shape index (κ1) is 11.4. The summed E-state index contributed by atoms with van der Waals surface area (Å²) in [6.07, 6.45) is -0.429. The Morgan fingerprint density at radius 2 is 2.19 bits per heavy atom. The van der Waals surface area contributed by atoms with Crippen LogP contribution in [0.1, 0.15) is 18.5 Å². The van der Waals surface area contributed by atoms with Gasteiger partial charge in [0.1, 0.15) is 6.54 Å². The van der Waals surface area contributed by atoms with Gasteiger partial charge in [-0.3, -0.25) is 0 Å². The Balaban J connectivity index is 1.77. The lowest BCUT2D eigenvalue weighted by molar-refractivity contribution is -0.142. The molecule has 0 radical (unpaired) electrons. The van der Waals surface area contributed by atoms with E-state index in [1.807, 2.05) is 0 Å². The van der Waals surface area contributed by atoms with Crippen LogP contribution in [-0.2, 0) is 13.1 Å². The predicted molar refractivity (Wildman–Crippen MR) is 50.5 cm³/mol. The lowest BCUT2D eigenvalue weighted by atomic mass is 10.4. The van der Waals surface area contributed by atoms with Crippen LogP contribution in [0.15, 0.2) is 6.20 Å². The number of nitrogens with one attached hydrogen (secondary N) is 1. The van der Waals surface area contributed by atoms with Crippen LogP contribution in [0.4, 0.5) is 13.2 Å². The quantitative estimate of drug-likeness (QED) is 0.836. The maximum Gasteiger partial charge on any atom is 0.408 e. The summed E-state index contributed by atoms with van der Waals surface area (Å²) in [7, 11) is 0. The Bertz CT molecular complexity index is 343. The van der Waals surface area contributed by atoms with Gasteiger partial charge in [-0.15, -0.1) is 5.10 Å². The average Bonchev–Trinajstić information content (AvgIpc) is 2.86. The maximum absolute atomic E-state index is 12.0. The Kier molecular flexibility index (Phi) is 3.13. The molecule has 1 fully saturated rings. The Hall–Kier alpha value is -1.11. The SMILES string of the molecule is FC(F)(F)Cn1cc(CNCC2CC2)nn1. The van der Waals surface area contributed by atoms with Gasteiger partial charge in [-0.05, 0) is 25.3 Å². The molecule has 0 spiro atoms. The molecule has 0 aliphatic heterocycles. The van der Waals surface area contributed by atoms with Crippen LogP contribution in [-0.4, -0.2) is 27.7 Å². The fourth-order valence-corrected chi connectivity index (χ4v) is 1.41. The van der Waals surface area contributed by atoms with Gasteiger partial charge in [0.2, 0.25) is 0 Å². The van der Waals surface area contributed by atoms with E-state index in [9.17, 15) is 13.2 Å². The van der Waals surface area contributed by atoms with Crippen LogP contribution < -0.4 is 5.32 Å². The van der Waals surface area contributed by atoms with Gasteiger partial charge in [0, 0.05) is 6.54 Å². The smallest absolute Gasteiger partial charge is 0.311 e. The van der Waals surface area contributed by atoms with E-state index in [0.29, 0.717) is 12.2 Å². The molecule has 4 nitrogen and oxygen atoms in total. The zero-order valence-electron chi connectivity index (χ0n) is 8.67. The molecule has 1 aliphatic carbocycles. The minimum atomic E-state index is -4.24. The molecule has 7 heteroatoms. The third-order valence-corrected chi connectivity index (χ3v) is 2.36. The van der Waals surface area contributed by atoms with E-state index in [1.165, 1.54) is 19.0 Å². The van der Waals surface area contributed by atoms with Crippen molar-refractivity contribution in [1.29, 1.82) is 0 Å². The van der Waals surface area contributed by atoms with E-state index < -0.39 is 12.7 Å². The molecular weight excluding hydrogens is 221 g/mol. The summed E-state index contributed by atoms with van der Waals surface area (Å²) in [5.41, 5.74) is 0.546. The molecule has 0 aromatic carbocycles. The molecule has 0 atom stereocenters. The minimum absolute atomic E-state index is 0.481. The van der Waals surface area contributed by atoms with Gasteiger partial charge >= 0.3 is 6.18 Å². The number of halogens is 3. The number of nitrogens with zero attached hydrogens (tertiary/aromatic N) is 3. The molecule has 1 aliphatic rings. The van der Waals surface area contributed by atoms with Gasteiger partial charge in [0.25, 0.3) is 0 Å². The number of hydrogen-bond acceptors (Lipinski definition) is 3. The second-order valence-corrected chi connectivity index (χ2v) is 4.10. The summed E-state index contributed by atoms with van der Waals surface area (Å²) in [6.45, 7) is 0.309. The third-order valence-electron chi connectivity index (χ3n) is 2.36. The summed E-state index contributed by atoms with van der Waals surface area (Å²) in [4.78, 5) is 0. The monoisotopic (exact) mass is 234 g/mol. The first-order valence-corrected chi connectivity index (χ1v) is 5.19. The van der Waals surface area contributed by atoms with Crippen molar-refractivity contribution < 1.29 is 13.2 Å². The minimum Gasteiger partial charge on any atom is -0.311 e. The topological polar surface area (TPSA) is 42.7 Å². The Morgan fingerprint density at radius 1 is 1.44 bits per heavy atom. The first-order valence-electron chi connectivity index (χ1n) is 5.19. The van der Waals surface area contributed by atoms with Crippen LogP contribution in [0.25, 0.3) is 0 Å². The van der Waals surface area contributed by atoms with Crippen LogP contribution >= 0.6 is 0 Å². The highest BCUT2D eigenvalue weighted by Crippen LogP contribution is 2.27. The first-order chi connectivity index (χ1) is 7.53. The number of hydrogen-bond donors (Lipinski definition) is 1. The summed E-state index contributed by atoms with van der Waals surface area (Å²) < 4.78 is 36.9. The fourth-order valence-electron chi connectivity index (χ4n) is 1.41. The second kappa shape index (κ2) is 4.40. The molecule has 1 N–H and O–H groups in total. The molecule has 0 saturated heterocycles. The molecular formula is C9H13F3N4. The molecule has 2 rings (SSSR count). The molecule has 0 amide bonds. The van der Waals surface area contributed by atoms with Gasteiger partial charge in [0.15, 0.2) is 0 Å². The van der Waals surface area contributed by atoms with Gasteiger partial charge in [-0.25, -0.2) is 4.68 Å². The molecule has 1 saturated carbocycles. The summed E-state index contributed by atoms with van der Waals surface area (Å²) in [5.74, 6) is 0.741. The van der Waals surface area contributed by atoms with Crippen LogP contribution in [0, 0.1) is 5.92 Å². The van der Waals surface area contributed by atoms with Crippen LogP contribution in [0.3, 0.4) is 0 Å². The average molecular weight is 234 g/mol.